The van der Waals surface area contributed by atoms with Crippen LogP contribution in [0.4, 0.5) is 10.2 Å². The number of anilines is 1. The number of nitrogens with one attached hydrogen (secondary N) is 1. The van der Waals surface area contributed by atoms with Gasteiger partial charge < -0.3 is 14.8 Å². The van der Waals surface area contributed by atoms with Crippen molar-refractivity contribution in [1.29, 1.82) is 0 Å². The largest absolute Gasteiger partial charge is 0.492 e. The number of morpholine rings is 1. The lowest BCUT2D eigenvalue weighted by Gasteiger charge is -2.26. The molecule has 2 aromatic carbocycles. The van der Waals surface area contributed by atoms with E-state index in [4.69, 9.17) is 9.47 Å². The molecule has 1 unspecified atom stereocenters. The van der Waals surface area contributed by atoms with Gasteiger partial charge in [-0.1, -0.05) is 6.07 Å². The van der Waals surface area contributed by atoms with Gasteiger partial charge >= 0.3 is 0 Å². The fourth-order valence-electron chi connectivity index (χ4n) is 4.26. The summed E-state index contributed by atoms with van der Waals surface area (Å²) in [7, 11) is 0. The topological polar surface area (TPSA) is 59.5 Å². The number of aryl methyl sites for hydroxylation is 1. The van der Waals surface area contributed by atoms with E-state index < -0.39 is 0 Å². The third-order valence-electron chi connectivity index (χ3n) is 5.88. The number of ether oxygens (including phenoxy) is 2. The van der Waals surface area contributed by atoms with E-state index in [1.165, 1.54) is 29.6 Å². The van der Waals surface area contributed by atoms with Crippen molar-refractivity contribution in [3.63, 3.8) is 0 Å². The summed E-state index contributed by atoms with van der Waals surface area (Å²) in [5.41, 5.74) is 3.27. The van der Waals surface area contributed by atoms with Crippen LogP contribution in [0.3, 0.4) is 0 Å². The van der Waals surface area contributed by atoms with E-state index >= 15 is 0 Å². The Bertz CT molecular complexity index is 1040. The lowest BCUT2D eigenvalue weighted by Crippen LogP contribution is -2.38. The molecular formula is C23H25FN4O2. The molecule has 7 heteroatoms. The highest BCUT2D eigenvalue weighted by atomic mass is 19.1. The van der Waals surface area contributed by atoms with Gasteiger partial charge in [0.05, 0.1) is 24.8 Å². The minimum atomic E-state index is -0.286. The monoisotopic (exact) mass is 408 g/mol. The van der Waals surface area contributed by atoms with Crippen LogP contribution in [0.2, 0.25) is 0 Å². The SMILES string of the molecule is Fc1ccc2ncnc(NC3CCc4cc(OCCN5CCOCC5)ccc43)c2c1. The van der Waals surface area contributed by atoms with Gasteiger partial charge in [0.15, 0.2) is 0 Å². The number of rotatable bonds is 6. The van der Waals surface area contributed by atoms with Gasteiger partial charge in [-0.3, -0.25) is 4.90 Å². The lowest BCUT2D eigenvalue weighted by atomic mass is 10.1. The molecule has 1 aliphatic carbocycles. The molecule has 0 spiro atoms. The van der Waals surface area contributed by atoms with Crippen molar-refractivity contribution in [2.24, 2.45) is 0 Å². The zero-order valence-corrected chi connectivity index (χ0v) is 16.8. The minimum Gasteiger partial charge on any atom is -0.492 e. The molecule has 1 N–H and O–H groups in total. The van der Waals surface area contributed by atoms with Crippen LogP contribution in [0.1, 0.15) is 23.6 Å². The van der Waals surface area contributed by atoms with Crippen molar-refractivity contribution in [3.05, 3.63) is 59.7 Å². The number of benzene rings is 2. The van der Waals surface area contributed by atoms with E-state index in [9.17, 15) is 4.39 Å². The fraction of sp³-hybridized carbons (Fsp3) is 0.391. The molecule has 6 nitrogen and oxygen atoms in total. The molecular weight excluding hydrogens is 383 g/mol. The molecule has 0 saturated carbocycles. The van der Waals surface area contributed by atoms with Gasteiger partial charge in [-0.05, 0) is 54.3 Å². The Morgan fingerprint density at radius 1 is 1.13 bits per heavy atom. The molecule has 2 heterocycles. The number of hydrogen-bond acceptors (Lipinski definition) is 6. The fourth-order valence-corrected chi connectivity index (χ4v) is 4.26. The lowest BCUT2D eigenvalue weighted by molar-refractivity contribution is 0.0322. The number of fused-ring (bicyclic) bond motifs is 2. The molecule has 156 valence electrons. The molecule has 1 atom stereocenters. The molecule has 1 aliphatic heterocycles. The first-order chi connectivity index (χ1) is 14.8. The van der Waals surface area contributed by atoms with E-state index in [-0.39, 0.29) is 11.9 Å². The predicted octanol–water partition coefficient (Wildman–Crippen LogP) is 3.58. The maximum atomic E-state index is 13.7. The molecule has 30 heavy (non-hydrogen) atoms. The van der Waals surface area contributed by atoms with Crippen molar-refractivity contribution in [2.75, 3.05) is 44.8 Å². The highest BCUT2D eigenvalue weighted by Crippen LogP contribution is 2.36. The summed E-state index contributed by atoms with van der Waals surface area (Å²) in [5, 5.41) is 4.20. The summed E-state index contributed by atoms with van der Waals surface area (Å²) in [6.45, 7) is 5.16. The molecule has 3 aromatic rings. The first-order valence-electron chi connectivity index (χ1n) is 10.5. The van der Waals surface area contributed by atoms with Crippen LogP contribution in [0.15, 0.2) is 42.7 Å². The predicted molar refractivity (Wildman–Crippen MR) is 113 cm³/mol. The highest BCUT2D eigenvalue weighted by molar-refractivity contribution is 5.89. The second kappa shape index (κ2) is 8.53. The van der Waals surface area contributed by atoms with Crippen LogP contribution in [0, 0.1) is 5.82 Å². The molecule has 1 fully saturated rings. The van der Waals surface area contributed by atoms with Crippen molar-refractivity contribution in [1.82, 2.24) is 14.9 Å². The second-order valence-corrected chi connectivity index (χ2v) is 7.78. The van der Waals surface area contributed by atoms with Gasteiger partial charge in [-0.2, -0.15) is 0 Å². The molecule has 2 aliphatic rings. The first-order valence-corrected chi connectivity index (χ1v) is 10.5. The van der Waals surface area contributed by atoms with Gasteiger partial charge in [0.25, 0.3) is 0 Å². The molecule has 1 aromatic heterocycles. The van der Waals surface area contributed by atoms with Gasteiger partial charge in [0, 0.05) is 25.0 Å². The van der Waals surface area contributed by atoms with Crippen molar-refractivity contribution < 1.29 is 13.9 Å². The summed E-state index contributed by atoms with van der Waals surface area (Å²) < 4.78 is 25.1. The Kier molecular flexibility index (Phi) is 5.46. The average Bonchev–Trinajstić information content (AvgIpc) is 3.17. The maximum absolute atomic E-state index is 13.7. The van der Waals surface area contributed by atoms with Crippen LogP contribution >= 0.6 is 0 Å². The van der Waals surface area contributed by atoms with Crippen LogP contribution in [-0.4, -0.2) is 54.3 Å². The zero-order valence-electron chi connectivity index (χ0n) is 16.8. The Labute approximate surface area is 175 Å². The summed E-state index contributed by atoms with van der Waals surface area (Å²) in [4.78, 5) is 11.0. The van der Waals surface area contributed by atoms with Gasteiger partial charge in [0.1, 0.15) is 30.3 Å². The smallest absolute Gasteiger partial charge is 0.137 e. The standard InChI is InChI=1S/C23H25FN4O2/c24-17-2-6-21-20(14-17)23(26-15-25-21)27-22-5-1-16-13-18(3-4-19(16)22)30-12-9-28-7-10-29-11-8-28/h2-4,6,13-15,22H,1,5,7-12H2,(H,25,26,27). The quantitative estimate of drug-likeness (QED) is 0.673. The molecule has 0 amide bonds. The Morgan fingerprint density at radius 3 is 2.93 bits per heavy atom. The van der Waals surface area contributed by atoms with Crippen molar-refractivity contribution in [3.8, 4) is 5.75 Å². The Balaban J connectivity index is 1.26. The Hall–Kier alpha value is -2.77. The summed E-state index contributed by atoms with van der Waals surface area (Å²) >= 11 is 0. The summed E-state index contributed by atoms with van der Waals surface area (Å²) in [6.07, 6.45) is 3.46. The van der Waals surface area contributed by atoms with Crippen LogP contribution in [-0.2, 0) is 11.2 Å². The normalized spacial score (nSPS) is 19.0. The molecule has 5 rings (SSSR count). The third-order valence-corrected chi connectivity index (χ3v) is 5.88. The number of halogens is 1. The average molecular weight is 408 g/mol. The minimum absolute atomic E-state index is 0.142. The zero-order chi connectivity index (χ0) is 20.3. The van der Waals surface area contributed by atoms with Crippen LogP contribution in [0.5, 0.6) is 5.75 Å². The molecule has 0 radical (unpaired) electrons. The highest BCUT2D eigenvalue weighted by Gasteiger charge is 2.24. The third kappa shape index (κ3) is 4.08. The van der Waals surface area contributed by atoms with E-state index in [0.29, 0.717) is 17.8 Å². The van der Waals surface area contributed by atoms with Gasteiger partial charge in [-0.15, -0.1) is 0 Å². The van der Waals surface area contributed by atoms with Crippen LogP contribution in [0.25, 0.3) is 10.9 Å². The van der Waals surface area contributed by atoms with Gasteiger partial charge in [-0.25, -0.2) is 14.4 Å². The first kappa shape index (κ1) is 19.2. The van der Waals surface area contributed by atoms with E-state index in [1.54, 1.807) is 6.07 Å². The van der Waals surface area contributed by atoms with E-state index in [2.05, 4.69) is 32.3 Å². The summed E-state index contributed by atoms with van der Waals surface area (Å²) in [5.74, 6) is 1.30. The van der Waals surface area contributed by atoms with Crippen molar-refractivity contribution >= 4 is 16.7 Å². The van der Waals surface area contributed by atoms with Crippen LogP contribution < -0.4 is 10.1 Å². The van der Waals surface area contributed by atoms with Gasteiger partial charge in [0.2, 0.25) is 0 Å². The summed E-state index contributed by atoms with van der Waals surface area (Å²) in [6, 6.07) is 11.0. The molecule has 0 bridgehead atoms. The number of aromatic nitrogens is 2. The molecule has 1 saturated heterocycles. The van der Waals surface area contributed by atoms with E-state index in [0.717, 1.165) is 57.0 Å². The second-order valence-electron chi connectivity index (χ2n) is 7.78. The Morgan fingerprint density at radius 2 is 2.03 bits per heavy atom. The van der Waals surface area contributed by atoms with E-state index in [1.807, 2.05) is 6.07 Å². The number of hydrogen-bond donors (Lipinski definition) is 1. The van der Waals surface area contributed by atoms with Crippen molar-refractivity contribution in [2.45, 2.75) is 18.9 Å². The number of nitrogens with zero attached hydrogens (tertiary/aromatic N) is 3. The maximum Gasteiger partial charge on any atom is 0.137 e.